The van der Waals surface area contributed by atoms with E-state index in [0.29, 0.717) is 16.4 Å². The van der Waals surface area contributed by atoms with Crippen LogP contribution in [0.25, 0.3) is 21.8 Å². The number of fused-ring (bicyclic) bond motifs is 3. The summed E-state index contributed by atoms with van der Waals surface area (Å²) in [6, 6.07) is 4.24. The van der Waals surface area contributed by atoms with Crippen molar-refractivity contribution in [2.24, 2.45) is 0 Å². The third kappa shape index (κ3) is 1.29. The molecule has 0 saturated heterocycles. The zero-order chi connectivity index (χ0) is 12.0. The van der Waals surface area contributed by atoms with Crippen molar-refractivity contribution in [2.75, 3.05) is 0 Å². The monoisotopic (exact) mass is 231 g/mol. The van der Waals surface area contributed by atoms with Gasteiger partial charge < -0.3 is 4.52 Å². The maximum absolute atomic E-state index is 11.3. The highest BCUT2D eigenvalue weighted by Crippen LogP contribution is 2.24. The van der Waals surface area contributed by atoms with Crippen LogP contribution < -0.4 is 5.63 Å². The lowest BCUT2D eigenvalue weighted by atomic mass is 10.1. The van der Waals surface area contributed by atoms with Crippen molar-refractivity contribution >= 4 is 27.5 Å². The number of rotatable bonds is 1. The molecule has 0 aliphatic rings. The van der Waals surface area contributed by atoms with Crippen molar-refractivity contribution < 1.29 is 9.45 Å². The highest BCUT2D eigenvalue weighted by molar-refractivity contribution is 6.03. The molecule has 0 saturated carbocycles. The quantitative estimate of drug-likeness (QED) is 0.505. The van der Waals surface area contributed by atoms with E-state index < -0.39 is 10.5 Å². The minimum absolute atomic E-state index is 0.0613. The lowest BCUT2D eigenvalue weighted by molar-refractivity contribution is -0.384. The Morgan fingerprint density at radius 3 is 2.94 bits per heavy atom. The highest BCUT2D eigenvalue weighted by Gasteiger charge is 2.12. The zero-order valence-electron chi connectivity index (χ0n) is 8.34. The van der Waals surface area contributed by atoms with Crippen LogP contribution in [0.2, 0.25) is 0 Å². The smallest absolute Gasteiger partial charge is 0.338 e. The number of hydrogen-bond acceptors (Lipinski definition) is 5. The van der Waals surface area contributed by atoms with Gasteiger partial charge in [0, 0.05) is 23.7 Å². The van der Waals surface area contributed by atoms with Gasteiger partial charge in [-0.1, -0.05) is 0 Å². The van der Waals surface area contributed by atoms with Crippen LogP contribution in [0.3, 0.4) is 0 Å². The van der Waals surface area contributed by atoms with Crippen LogP contribution in [0.15, 0.2) is 33.7 Å². The molecule has 0 aliphatic heterocycles. The Balaban J connectivity index is 2.50. The van der Waals surface area contributed by atoms with E-state index in [9.17, 15) is 14.9 Å². The Bertz CT molecular complexity index is 802. The van der Waals surface area contributed by atoms with Crippen LogP contribution in [0, 0.1) is 10.1 Å². The molecule has 7 heteroatoms. The van der Waals surface area contributed by atoms with Crippen molar-refractivity contribution in [3.8, 4) is 0 Å². The number of non-ortho nitro benzene ring substituents is 1. The number of benzene rings is 1. The van der Waals surface area contributed by atoms with Crippen molar-refractivity contribution in [3.63, 3.8) is 0 Å². The van der Waals surface area contributed by atoms with Gasteiger partial charge in [-0.3, -0.25) is 15.1 Å². The molecule has 2 aromatic heterocycles. The van der Waals surface area contributed by atoms with E-state index in [1.165, 1.54) is 24.4 Å². The van der Waals surface area contributed by atoms with Crippen molar-refractivity contribution in [1.29, 1.82) is 0 Å². The maximum atomic E-state index is 11.3. The van der Waals surface area contributed by atoms with Gasteiger partial charge in [-0.25, -0.2) is 9.95 Å². The minimum atomic E-state index is -0.541. The van der Waals surface area contributed by atoms with Gasteiger partial charge in [0.15, 0.2) is 0 Å². The van der Waals surface area contributed by atoms with Crippen LogP contribution in [-0.2, 0) is 0 Å². The summed E-state index contributed by atoms with van der Waals surface area (Å²) in [7, 11) is 0. The molecule has 7 nitrogen and oxygen atoms in total. The van der Waals surface area contributed by atoms with E-state index in [0.717, 1.165) is 0 Å². The third-order valence-electron chi connectivity index (χ3n) is 2.53. The first-order valence-electron chi connectivity index (χ1n) is 4.71. The number of aromatic amines is 1. The van der Waals surface area contributed by atoms with Gasteiger partial charge in [-0.15, -0.1) is 0 Å². The van der Waals surface area contributed by atoms with Gasteiger partial charge in [0.05, 0.1) is 16.0 Å². The number of hydrogen-bond donors (Lipinski definition) is 1. The molecule has 0 fully saturated rings. The summed E-state index contributed by atoms with van der Waals surface area (Å²) in [6.07, 6.45) is 1.38. The average molecular weight is 231 g/mol. The molecular weight excluding hydrogens is 226 g/mol. The van der Waals surface area contributed by atoms with E-state index in [2.05, 4.69) is 14.7 Å². The molecule has 1 aromatic carbocycles. The molecule has 84 valence electrons. The van der Waals surface area contributed by atoms with Crippen molar-refractivity contribution in [2.45, 2.75) is 0 Å². The first-order valence-corrected chi connectivity index (χ1v) is 4.71. The summed E-state index contributed by atoms with van der Waals surface area (Å²) in [6.45, 7) is 0. The van der Waals surface area contributed by atoms with E-state index in [-0.39, 0.29) is 11.1 Å². The topological polar surface area (TPSA) is 102 Å². The van der Waals surface area contributed by atoms with Gasteiger partial charge in [0.1, 0.15) is 5.39 Å². The maximum Gasteiger partial charge on any atom is 0.366 e. The molecule has 3 aromatic rings. The number of nitro groups is 1. The number of H-pyrrole nitrogens is 1. The Morgan fingerprint density at radius 2 is 2.18 bits per heavy atom. The van der Waals surface area contributed by atoms with E-state index in [4.69, 9.17) is 0 Å². The molecule has 3 rings (SSSR count). The fourth-order valence-corrected chi connectivity index (χ4v) is 1.71. The molecule has 0 radical (unpaired) electrons. The zero-order valence-corrected chi connectivity index (χ0v) is 8.34. The molecule has 1 N–H and O–H groups in total. The van der Waals surface area contributed by atoms with Crippen LogP contribution in [0.1, 0.15) is 0 Å². The molecule has 0 atom stereocenters. The van der Waals surface area contributed by atoms with Crippen molar-refractivity contribution in [1.82, 2.24) is 10.1 Å². The summed E-state index contributed by atoms with van der Waals surface area (Å²) >= 11 is 0. The Labute approximate surface area is 92.8 Å². The normalized spacial score (nSPS) is 11.1. The fraction of sp³-hybridized carbons (Fsp3) is 0. The Hall–Kier alpha value is -2.70. The lowest BCUT2D eigenvalue weighted by Gasteiger charge is -1.97. The largest absolute Gasteiger partial charge is 0.366 e. The number of nitro benzene ring substituents is 1. The molecule has 0 spiro atoms. The van der Waals surface area contributed by atoms with Gasteiger partial charge in [-0.05, 0) is 6.07 Å². The molecule has 0 aliphatic carbocycles. The van der Waals surface area contributed by atoms with E-state index >= 15 is 0 Å². The number of pyridine rings is 1. The second kappa shape index (κ2) is 3.14. The van der Waals surface area contributed by atoms with E-state index in [1.807, 2.05) is 0 Å². The summed E-state index contributed by atoms with van der Waals surface area (Å²) in [5, 5.41) is 13.9. The summed E-state index contributed by atoms with van der Waals surface area (Å²) in [5.74, 6) is 0. The van der Waals surface area contributed by atoms with Gasteiger partial charge in [0.25, 0.3) is 5.69 Å². The predicted molar refractivity (Wildman–Crippen MR) is 58.8 cm³/mol. The lowest BCUT2D eigenvalue weighted by Crippen LogP contribution is -1.92. The molecule has 0 unspecified atom stereocenters. The van der Waals surface area contributed by atoms with Gasteiger partial charge in [-0.2, -0.15) is 0 Å². The van der Waals surface area contributed by atoms with Crippen LogP contribution >= 0.6 is 0 Å². The van der Waals surface area contributed by atoms with E-state index in [1.54, 1.807) is 0 Å². The molecular formula is C10H5N3O4. The summed E-state index contributed by atoms with van der Waals surface area (Å²) in [5.41, 5.74) is 0.374. The minimum Gasteiger partial charge on any atom is -0.338 e. The molecule has 0 amide bonds. The highest BCUT2D eigenvalue weighted by atomic mass is 16.6. The molecule has 2 heterocycles. The molecule has 17 heavy (non-hydrogen) atoms. The number of nitrogens with one attached hydrogen (secondary N) is 1. The first-order chi connectivity index (χ1) is 8.16. The first kappa shape index (κ1) is 9.52. The fourth-order valence-electron chi connectivity index (χ4n) is 1.71. The Morgan fingerprint density at radius 1 is 1.35 bits per heavy atom. The van der Waals surface area contributed by atoms with Gasteiger partial charge >= 0.3 is 5.63 Å². The summed E-state index contributed by atoms with van der Waals surface area (Å²) < 4.78 is 4.63. The Kier molecular flexibility index (Phi) is 1.76. The SMILES string of the molecule is O=c1o[nH]c2c1cnc1ccc([N+](=O)[O-])cc12. The average Bonchev–Trinajstić information content (AvgIpc) is 2.71. The van der Waals surface area contributed by atoms with Crippen LogP contribution in [0.5, 0.6) is 0 Å². The number of aromatic nitrogens is 2. The van der Waals surface area contributed by atoms with Crippen LogP contribution in [-0.4, -0.2) is 15.1 Å². The molecule has 0 bridgehead atoms. The second-order valence-corrected chi connectivity index (χ2v) is 3.50. The standard InChI is InChI=1S/C10H5N3O4/c14-10-7-4-11-8-2-1-5(13(15)16)3-6(8)9(7)12-17-10/h1-4,12H. The second-order valence-electron chi connectivity index (χ2n) is 3.50. The van der Waals surface area contributed by atoms with Crippen molar-refractivity contribution in [3.05, 3.63) is 44.9 Å². The number of nitrogens with zero attached hydrogens (tertiary/aromatic N) is 2. The summed E-state index contributed by atoms with van der Waals surface area (Å²) in [4.78, 5) is 25.5. The van der Waals surface area contributed by atoms with Crippen LogP contribution in [0.4, 0.5) is 5.69 Å². The third-order valence-corrected chi connectivity index (χ3v) is 2.53. The van der Waals surface area contributed by atoms with Gasteiger partial charge in [0.2, 0.25) is 0 Å². The predicted octanol–water partition coefficient (Wildman–Crippen LogP) is 1.58.